The fraction of sp³-hybridized carbons (Fsp3) is 0.417. The van der Waals surface area contributed by atoms with E-state index < -0.39 is 0 Å². The number of rotatable bonds is 2. The van der Waals surface area contributed by atoms with Gasteiger partial charge in [-0.1, -0.05) is 6.07 Å². The normalized spacial score (nSPS) is 20.4. The highest BCUT2D eigenvalue weighted by Crippen LogP contribution is 2.35. The van der Waals surface area contributed by atoms with E-state index in [1.165, 1.54) is 26.9 Å². The second-order valence-electron chi connectivity index (χ2n) is 4.12. The van der Waals surface area contributed by atoms with E-state index in [0.29, 0.717) is 5.92 Å². The Kier molecular flexibility index (Phi) is 2.79. The molecular weight excluding hydrogens is 236 g/mol. The van der Waals surface area contributed by atoms with Crippen LogP contribution in [0.25, 0.3) is 10.6 Å². The third-order valence-corrected chi connectivity index (χ3v) is 4.99. The van der Waals surface area contributed by atoms with E-state index in [1.54, 1.807) is 11.3 Å². The second kappa shape index (κ2) is 4.28. The molecule has 0 radical (unpaired) electrons. The maximum Gasteiger partial charge on any atom is 0.0979 e. The third-order valence-electron chi connectivity index (χ3n) is 2.98. The molecule has 4 heteroatoms. The van der Waals surface area contributed by atoms with Crippen LogP contribution in [0.5, 0.6) is 0 Å². The zero-order valence-electron chi connectivity index (χ0n) is 9.19. The number of aryl methyl sites for hydroxylation is 1. The van der Waals surface area contributed by atoms with Gasteiger partial charge in [0.05, 0.1) is 15.6 Å². The van der Waals surface area contributed by atoms with Gasteiger partial charge in [-0.05, 0) is 31.3 Å². The summed E-state index contributed by atoms with van der Waals surface area (Å²) in [6.45, 7) is 4.41. The molecule has 84 valence electrons. The van der Waals surface area contributed by atoms with Crippen LogP contribution in [0.4, 0.5) is 0 Å². The number of hydrogen-bond donors (Lipinski definition) is 1. The van der Waals surface area contributed by atoms with Gasteiger partial charge in [-0.25, -0.2) is 4.98 Å². The standard InChI is InChI=1S/C12H14N2S2/c1-8-11(10-3-2-6-15-10)14-12(16-8)9-4-5-13-7-9/h2-3,6,9,13H,4-5,7H2,1H3. The lowest BCUT2D eigenvalue weighted by atomic mass is 10.1. The molecule has 1 fully saturated rings. The molecule has 1 atom stereocenters. The van der Waals surface area contributed by atoms with E-state index >= 15 is 0 Å². The van der Waals surface area contributed by atoms with Gasteiger partial charge >= 0.3 is 0 Å². The van der Waals surface area contributed by atoms with Crippen LogP contribution in [0, 0.1) is 6.92 Å². The highest BCUT2D eigenvalue weighted by Gasteiger charge is 2.21. The zero-order valence-corrected chi connectivity index (χ0v) is 10.8. The summed E-state index contributed by atoms with van der Waals surface area (Å²) in [7, 11) is 0. The molecule has 3 heterocycles. The second-order valence-corrected chi connectivity index (χ2v) is 6.31. The number of thiazole rings is 1. The van der Waals surface area contributed by atoms with Crippen molar-refractivity contribution in [3.8, 4) is 10.6 Å². The van der Waals surface area contributed by atoms with Gasteiger partial charge in [-0.2, -0.15) is 0 Å². The largest absolute Gasteiger partial charge is 0.316 e. The highest BCUT2D eigenvalue weighted by molar-refractivity contribution is 7.15. The van der Waals surface area contributed by atoms with Gasteiger partial charge in [-0.15, -0.1) is 22.7 Å². The van der Waals surface area contributed by atoms with Crippen molar-refractivity contribution in [2.24, 2.45) is 0 Å². The van der Waals surface area contributed by atoms with Crippen molar-refractivity contribution >= 4 is 22.7 Å². The molecule has 0 spiro atoms. The average molecular weight is 250 g/mol. The number of hydrogen-bond acceptors (Lipinski definition) is 4. The molecule has 2 aromatic heterocycles. The Labute approximate surface area is 103 Å². The first kappa shape index (κ1) is 10.4. The van der Waals surface area contributed by atoms with E-state index in [2.05, 4.69) is 29.8 Å². The molecule has 1 saturated heterocycles. The average Bonchev–Trinajstić information content (AvgIpc) is 2.97. The quantitative estimate of drug-likeness (QED) is 0.885. The molecule has 3 rings (SSSR count). The minimum Gasteiger partial charge on any atom is -0.316 e. The van der Waals surface area contributed by atoms with Gasteiger partial charge in [0.25, 0.3) is 0 Å². The molecule has 0 aliphatic carbocycles. The third kappa shape index (κ3) is 1.81. The van der Waals surface area contributed by atoms with Crippen LogP contribution >= 0.6 is 22.7 Å². The van der Waals surface area contributed by atoms with Gasteiger partial charge in [-0.3, -0.25) is 0 Å². The first-order valence-corrected chi connectivity index (χ1v) is 7.26. The molecule has 0 aromatic carbocycles. The van der Waals surface area contributed by atoms with E-state index in [0.717, 1.165) is 13.1 Å². The Morgan fingerprint density at radius 2 is 2.44 bits per heavy atom. The number of nitrogens with one attached hydrogen (secondary N) is 1. The van der Waals surface area contributed by atoms with E-state index in [1.807, 2.05) is 11.3 Å². The van der Waals surface area contributed by atoms with Crippen LogP contribution in [0.3, 0.4) is 0 Å². The van der Waals surface area contributed by atoms with Crippen molar-refractivity contribution in [1.82, 2.24) is 10.3 Å². The number of aromatic nitrogens is 1. The summed E-state index contributed by atoms with van der Waals surface area (Å²) in [5.74, 6) is 0.636. The van der Waals surface area contributed by atoms with Crippen LogP contribution in [0.15, 0.2) is 17.5 Å². The van der Waals surface area contributed by atoms with Crippen LogP contribution in [-0.4, -0.2) is 18.1 Å². The lowest BCUT2D eigenvalue weighted by molar-refractivity contribution is 0.756. The lowest BCUT2D eigenvalue weighted by Gasteiger charge is -2.01. The predicted octanol–water partition coefficient (Wildman–Crippen LogP) is 3.26. The molecule has 0 bridgehead atoms. The van der Waals surface area contributed by atoms with Crippen LogP contribution in [0.1, 0.15) is 22.2 Å². The SMILES string of the molecule is Cc1sc(C2CCNC2)nc1-c1cccs1. The van der Waals surface area contributed by atoms with Crippen molar-refractivity contribution < 1.29 is 0 Å². The Balaban J connectivity index is 1.95. The van der Waals surface area contributed by atoms with Crippen LogP contribution in [0.2, 0.25) is 0 Å². The highest BCUT2D eigenvalue weighted by atomic mass is 32.1. The molecule has 2 aromatic rings. The smallest absolute Gasteiger partial charge is 0.0979 e. The Morgan fingerprint density at radius 1 is 1.50 bits per heavy atom. The predicted molar refractivity (Wildman–Crippen MR) is 70.4 cm³/mol. The first-order chi connectivity index (χ1) is 7.84. The molecule has 0 saturated carbocycles. The van der Waals surface area contributed by atoms with Crippen molar-refractivity contribution in [3.63, 3.8) is 0 Å². The lowest BCUT2D eigenvalue weighted by Crippen LogP contribution is -2.07. The molecule has 1 aliphatic heterocycles. The summed E-state index contributed by atoms with van der Waals surface area (Å²) >= 11 is 3.64. The van der Waals surface area contributed by atoms with Gasteiger partial charge in [0, 0.05) is 17.3 Å². The summed E-state index contributed by atoms with van der Waals surface area (Å²) in [6.07, 6.45) is 1.23. The van der Waals surface area contributed by atoms with Crippen molar-refractivity contribution in [3.05, 3.63) is 27.4 Å². The first-order valence-electron chi connectivity index (χ1n) is 5.56. The molecule has 2 nitrogen and oxygen atoms in total. The van der Waals surface area contributed by atoms with Gasteiger partial charge in [0.2, 0.25) is 0 Å². The Bertz CT molecular complexity index is 467. The maximum atomic E-state index is 4.82. The Hall–Kier alpha value is -0.710. The zero-order chi connectivity index (χ0) is 11.0. The minimum absolute atomic E-state index is 0.636. The summed E-state index contributed by atoms with van der Waals surface area (Å²) < 4.78 is 0. The summed E-state index contributed by atoms with van der Waals surface area (Å²) in [5.41, 5.74) is 1.20. The molecular formula is C12H14N2S2. The number of thiophene rings is 1. The van der Waals surface area contributed by atoms with Gasteiger partial charge in [0.1, 0.15) is 0 Å². The van der Waals surface area contributed by atoms with Crippen molar-refractivity contribution in [1.29, 1.82) is 0 Å². The summed E-state index contributed by atoms with van der Waals surface area (Å²) in [6, 6.07) is 4.25. The van der Waals surface area contributed by atoms with Crippen LogP contribution in [-0.2, 0) is 0 Å². The van der Waals surface area contributed by atoms with Crippen molar-refractivity contribution in [2.75, 3.05) is 13.1 Å². The van der Waals surface area contributed by atoms with Gasteiger partial charge < -0.3 is 5.32 Å². The number of nitrogens with zero attached hydrogens (tertiary/aromatic N) is 1. The monoisotopic (exact) mass is 250 g/mol. The summed E-state index contributed by atoms with van der Waals surface area (Å²) in [4.78, 5) is 7.47. The molecule has 1 unspecified atom stereocenters. The Morgan fingerprint density at radius 3 is 3.12 bits per heavy atom. The molecule has 0 amide bonds. The fourth-order valence-electron chi connectivity index (χ4n) is 2.10. The fourth-order valence-corrected chi connectivity index (χ4v) is 4.01. The van der Waals surface area contributed by atoms with Crippen LogP contribution < -0.4 is 5.32 Å². The van der Waals surface area contributed by atoms with Crippen molar-refractivity contribution in [2.45, 2.75) is 19.3 Å². The van der Waals surface area contributed by atoms with E-state index in [9.17, 15) is 0 Å². The topological polar surface area (TPSA) is 24.9 Å². The molecule has 16 heavy (non-hydrogen) atoms. The minimum atomic E-state index is 0.636. The van der Waals surface area contributed by atoms with E-state index in [4.69, 9.17) is 4.98 Å². The molecule has 1 N–H and O–H groups in total. The van der Waals surface area contributed by atoms with E-state index in [-0.39, 0.29) is 0 Å². The maximum absolute atomic E-state index is 4.82. The molecule has 1 aliphatic rings. The summed E-state index contributed by atoms with van der Waals surface area (Å²) in [5, 5.41) is 6.83. The van der Waals surface area contributed by atoms with Gasteiger partial charge in [0.15, 0.2) is 0 Å².